The fraction of sp³-hybridized carbons (Fsp3) is 0.158. The lowest BCUT2D eigenvalue weighted by Gasteiger charge is -2.16. The van der Waals surface area contributed by atoms with Gasteiger partial charge in [-0.2, -0.15) is 0 Å². The second kappa shape index (κ2) is 7.90. The average molecular weight is 327 g/mol. The molecule has 2 aromatic carbocycles. The van der Waals surface area contributed by atoms with Crippen LogP contribution in [0.1, 0.15) is 19.4 Å². The van der Waals surface area contributed by atoms with Crippen LogP contribution in [0.3, 0.4) is 0 Å². The Balaban J connectivity index is 2.25. The predicted octanol–water partition coefficient (Wildman–Crippen LogP) is 4.01. The molecule has 0 bridgehead atoms. The molecule has 0 amide bonds. The van der Waals surface area contributed by atoms with Crippen molar-refractivity contribution >= 4 is 16.1 Å². The number of sulfonamides is 1. The molecule has 2 rings (SSSR count). The van der Waals surface area contributed by atoms with Gasteiger partial charge in [-0.1, -0.05) is 72.3 Å². The van der Waals surface area contributed by atoms with Gasteiger partial charge in [-0.25, -0.2) is 13.1 Å². The van der Waals surface area contributed by atoms with E-state index in [1.165, 1.54) is 0 Å². The van der Waals surface area contributed by atoms with E-state index < -0.39 is 10.0 Å². The van der Waals surface area contributed by atoms with Gasteiger partial charge in [0.15, 0.2) is 0 Å². The normalized spacial score (nSPS) is 14.1. The molecule has 0 spiro atoms. The van der Waals surface area contributed by atoms with Crippen molar-refractivity contribution in [3.8, 4) is 0 Å². The van der Waals surface area contributed by atoms with Crippen molar-refractivity contribution in [1.82, 2.24) is 4.72 Å². The summed E-state index contributed by atoms with van der Waals surface area (Å²) in [4.78, 5) is 0.266. The fourth-order valence-corrected chi connectivity index (χ4v) is 3.32. The minimum Gasteiger partial charge on any atom is -0.207 e. The molecule has 0 radical (unpaired) electrons. The summed E-state index contributed by atoms with van der Waals surface area (Å²) in [5.74, 6) is 0. The molecule has 0 heterocycles. The van der Waals surface area contributed by atoms with Crippen LogP contribution in [0.4, 0.5) is 0 Å². The molecule has 0 saturated carbocycles. The van der Waals surface area contributed by atoms with Crippen molar-refractivity contribution in [3.63, 3.8) is 0 Å². The summed E-state index contributed by atoms with van der Waals surface area (Å²) in [6.45, 7) is 3.81. The summed E-state index contributed by atoms with van der Waals surface area (Å²) in [6.07, 6.45) is 5.70. The zero-order chi connectivity index (χ0) is 16.7. The lowest BCUT2D eigenvalue weighted by Crippen LogP contribution is -2.34. The molecule has 120 valence electrons. The molecule has 1 atom stereocenters. The quantitative estimate of drug-likeness (QED) is 0.815. The number of benzene rings is 2. The molecule has 0 unspecified atom stereocenters. The maximum atomic E-state index is 12.5. The Hall–Kier alpha value is -2.17. The molecule has 0 aliphatic rings. The summed E-state index contributed by atoms with van der Waals surface area (Å²) in [6, 6.07) is 17.8. The third kappa shape index (κ3) is 4.91. The predicted molar refractivity (Wildman–Crippen MR) is 95.5 cm³/mol. The maximum Gasteiger partial charge on any atom is 0.241 e. The third-order valence-corrected chi connectivity index (χ3v) is 5.02. The number of hydrogen-bond donors (Lipinski definition) is 1. The molecule has 0 fully saturated rings. The summed E-state index contributed by atoms with van der Waals surface area (Å²) in [5, 5.41) is 0. The summed E-state index contributed by atoms with van der Waals surface area (Å²) >= 11 is 0. The second-order valence-corrected chi connectivity index (χ2v) is 6.93. The minimum atomic E-state index is -3.56. The molecule has 3 nitrogen and oxygen atoms in total. The van der Waals surface area contributed by atoms with Crippen LogP contribution in [0, 0.1) is 0 Å². The van der Waals surface area contributed by atoms with Gasteiger partial charge in [0.2, 0.25) is 10.0 Å². The van der Waals surface area contributed by atoms with Crippen LogP contribution in [0.5, 0.6) is 0 Å². The van der Waals surface area contributed by atoms with Gasteiger partial charge in [-0.3, -0.25) is 0 Å². The number of rotatable bonds is 6. The lowest BCUT2D eigenvalue weighted by molar-refractivity contribution is 0.578. The maximum absolute atomic E-state index is 12.5. The highest BCUT2D eigenvalue weighted by Gasteiger charge is 2.18. The highest BCUT2D eigenvalue weighted by atomic mass is 32.2. The first-order valence-electron chi connectivity index (χ1n) is 7.46. The largest absolute Gasteiger partial charge is 0.241 e. The molecule has 4 heteroatoms. The first-order valence-corrected chi connectivity index (χ1v) is 8.94. The van der Waals surface area contributed by atoms with Crippen LogP contribution in [-0.2, 0) is 10.0 Å². The summed E-state index contributed by atoms with van der Waals surface area (Å²) in [7, 11) is -3.56. The highest BCUT2D eigenvalue weighted by molar-refractivity contribution is 7.89. The van der Waals surface area contributed by atoms with Gasteiger partial charge in [0.25, 0.3) is 0 Å². The van der Waals surface area contributed by atoms with E-state index in [9.17, 15) is 8.42 Å². The van der Waals surface area contributed by atoms with Gasteiger partial charge >= 0.3 is 0 Å². The molecule has 0 saturated heterocycles. The van der Waals surface area contributed by atoms with Crippen molar-refractivity contribution in [1.29, 1.82) is 0 Å². The van der Waals surface area contributed by atoms with E-state index in [1.807, 2.05) is 62.4 Å². The van der Waals surface area contributed by atoms with Crippen LogP contribution in [0.15, 0.2) is 83.3 Å². The Kier molecular flexibility index (Phi) is 5.90. The molecule has 0 aliphatic heterocycles. The summed E-state index contributed by atoms with van der Waals surface area (Å²) < 4.78 is 27.8. The van der Waals surface area contributed by atoms with Crippen molar-refractivity contribution < 1.29 is 8.42 Å². The van der Waals surface area contributed by atoms with E-state index in [2.05, 4.69) is 4.72 Å². The van der Waals surface area contributed by atoms with Crippen LogP contribution in [0.2, 0.25) is 0 Å². The highest BCUT2D eigenvalue weighted by Crippen LogP contribution is 2.13. The second-order valence-electron chi connectivity index (χ2n) is 5.21. The topological polar surface area (TPSA) is 46.2 Å². The van der Waals surface area contributed by atoms with Gasteiger partial charge < -0.3 is 0 Å². The van der Waals surface area contributed by atoms with Crippen LogP contribution >= 0.6 is 0 Å². The number of nitrogens with one attached hydrogen (secondary N) is 1. The first-order chi connectivity index (χ1) is 11.0. The summed E-state index contributed by atoms with van der Waals surface area (Å²) in [5.41, 5.74) is 1.97. The smallest absolute Gasteiger partial charge is 0.207 e. The van der Waals surface area contributed by atoms with E-state index in [0.717, 1.165) is 11.1 Å². The van der Waals surface area contributed by atoms with Gasteiger partial charge in [-0.15, -0.1) is 0 Å². The van der Waals surface area contributed by atoms with Gasteiger partial charge in [0.05, 0.1) is 10.9 Å². The Morgan fingerprint density at radius 3 is 2.13 bits per heavy atom. The molecule has 23 heavy (non-hydrogen) atoms. The SMILES string of the molecule is C/C=C(\C)[C@@H](/C=C/c1ccccc1)NS(=O)(=O)c1ccccc1. The van der Waals surface area contributed by atoms with E-state index in [0.29, 0.717) is 0 Å². The van der Waals surface area contributed by atoms with Crippen LogP contribution in [0.25, 0.3) is 6.08 Å². The Bertz CT molecular complexity index is 779. The standard InChI is InChI=1S/C19H21NO2S/c1-3-16(2)19(15-14-17-10-6-4-7-11-17)20-23(21,22)18-12-8-5-9-13-18/h3-15,19-20H,1-2H3/b15-14+,16-3+/t19-/m1/s1. The Labute approximate surface area is 138 Å². The van der Waals surface area contributed by atoms with Crippen molar-refractivity contribution in [2.24, 2.45) is 0 Å². The van der Waals surface area contributed by atoms with Gasteiger partial charge in [0, 0.05) is 0 Å². The molecule has 2 aromatic rings. The van der Waals surface area contributed by atoms with Gasteiger partial charge in [-0.05, 0) is 31.5 Å². The lowest BCUT2D eigenvalue weighted by atomic mass is 10.1. The Morgan fingerprint density at radius 1 is 1.00 bits per heavy atom. The first kappa shape index (κ1) is 17.2. The van der Waals surface area contributed by atoms with E-state index >= 15 is 0 Å². The van der Waals surface area contributed by atoms with E-state index in [-0.39, 0.29) is 10.9 Å². The third-order valence-electron chi connectivity index (χ3n) is 3.56. The monoisotopic (exact) mass is 327 g/mol. The molecule has 0 aromatic heterocycles. The zero-order valence-corrected chi connectivity index (χ0v) is 14.1. The van der Waals surface area contributed by atoms with Crippen molar-refractivity contribution in [3.05, 3.63) is 84.0 Å². The van der Waals surface area contributed by atoms with Crippen LogP contribution in [-0.4, -0.2) is 14.5 Å². The van der Waals surface area contributed by atoms with E-state index in [4.69, 9.17) is 0 Å². The van der Waals surface area contributed by atoms with Crippen molar-refractivity contribution in [2.45, 2.75) is 24.8 Å². The average Bonchev–Trinajstić information content (AvgIpc) is 2.59. The molecule has 0 aliphatic carbocycles. The Morgan fingerprint density at radius 2 is 1.57 bits per heavy atom. The van der Waals surface area contributed by atoms with Crippen molar-refractivity contribution in [2.75, 3.05) is 0 Å². The van der Waals surface area contributed by atoms with Gasteiger partial charge in [0.1, 0.15) is 0 Å². The molecular weight excluding hydrogens is 306 g/mol. The van der Waals surface area contributed by atoms with E-state index in [1.54, 1.807) is 30.3 Å². The molecular formula is C19H21NO2S. The molecule has 1 N–H and O–H groups in total. The number of allylic oxidation sites excluding steroid dienone is 1. The number of hydrogen-bond acceptors (Lipinski definition) is 2. The minimum absolute atomic E-state index is 0.266. The fourth-order valence-electron chi connectivity index (χ4n) is 2.07. The zero-order valence-electron chi connectivity index (χ0n) is 13.3. The van der Waals surface area contributed by atoms with Crippen LogP contribution < -0.4 is 4.72 Å².